The van der Waals surface area contributed by atoms with Gasteiger partial charge in [-0.1, -0.05) is 20.3 Å². The van der Waals surface area contributed by atoms with Crippen LogP contribution >= 0.6 is 0 Å². The fourth-order valence-corrected chi connectivity index (χ4v) is 1.63. The van der Waals surface area contributed by atoms with Gasteiger partial charge in [0.1, 0.15) is 11.5 Å². The molecule has 0 aliphatic rings. The SMILES string of the molecule is CC[C@H](C)[C@H](N)C(=O)N(C)Cc1ccc(C)o1. The van der Waals surface area contributed by atoms with Crippen LogP contribution in [0.3, 0.4) is 0 Å². The molecule has 0 saturated carbocycles. The molecular weight excluding hydrogens is 216 g/mol. The molecule has 0 spiro atoms. The smallest absolute Gasteiger partial charge is 0.239 e. The Morgan fingerprint density at radius 1 is 1.53 bits per heavy atom. The zero-order valence-corrected chi connectivity index (χ0v) is 11.1. The summed E-state index contributed by atoms with van der Waals surface area (Å²) >= 11 is 0. The molecule has 4 heteroatoms. The van der Waals surface area contributed by atoms with Crippen molar-refractivity contribution in [1.29, 1.82) is 0 Å². The van der Waals surface area contributed by atoms with Gasteiger partial charge in [0, 0.05) is 7.05 Å². The Morgan fingerprint density at radius 3 is 2.65 bits per heavy atom. The molecule has 0 radical (unpaired) electrons. The van der Waals surface area contributed by atoms with E-state index < -0.39 is 6.04 Å². The van der Waals surface area contributed by atoms with Gasteiger partial charge >= 0.3 is 0 Å². The lowest BCUT2D eigenvalue weighted by Gasteiger charge is -2.23. The third kappa shape index (κ3) is 3.60. The van der Waals surface area contributed by atoms with Crippen LogP contribution in [0.25, 0.3) is 0 Å². The Balaban J connectivity index is 2.58. The summed E-state index contributed by atoms with van der Waals surface area (Å²) in [5, 5.41) is 0. The second-order valence-electron chi connectivity index (χ2n) is 4.62. The molecule has 2 atom stereocenters. The number of carbonyl (C=O) groups is 1. The van der Waals surface area contributed by atoms with E-state index in [1.807, 2.05) is 32.9 Å². The maximum absolute atomic E-state index is 12.0. The van der Waals surface area contributed by atoms with Crippen molar-refractivity contribution in [2.75, 3.05) is 7.05 Å². The molecule has 1 amide bonds. The van der Waals surface area contributed by atoms with Gasteiger partial charge < -0.3 is 15.1 Å². The number of carbonyl (C=O) groups excluding carboxylic acids is 1. The average Bonchev–Trinajstić information content (AvgIpc) is 2.71. The van der Waals surface area contributed by atoms with Gasteiger partial charge in [0.25, 0.3) is 0 Å². The van der Waals surface area contributed by atoms with E-state index in [0.717, 1.165) is 17.9 Å². The molecule has 0 aliphatic carbocycles. The van der Waals surface area contributed by atoms with E-state index in [1.54, 1.807) is 11.9 Å². The molecule has 1 aromatic heterocycles. The van der Waals surface area contributed by atoms with Crippen molar-refractivity contribution >= 4 is 5.91 Å². The van der Waals surface area contributed by atoms with Crippen LogP contribution in [-0.2, 0) is 11.3 Å². The largest absolute Gasteiger partial charge is 0.464 e. The maximum atomic E-state index is 12.0. The number of nitrogens with zero attached hydrogens (tertiary/aromatic N) is 1. The molecule has 1 rings (SSSR count). The first-order chi connectivity index (χ1) is 7.95. The van der Waals surface area contributed by atoms with E-state index in [-0.39, 0.29) is 11.8 Å². The first-order valence-electron chi connectivity index (χ1n) is 6.01. The van der Waals surface area contributed by atoms with E-state index in [0.29, 0.717) is 6.54 Å². The number of furan rings is 1. The van der Waals surface area contributed by atoms with Crippen LogP contribution in [0.1, 0.15) is 31.8 Å². The summed E-state index contributed by atoms with van der Waals surface area (Å²) in [5.74, 6) is 1.80. The number of rotatable bonds is 5. The third-order valence-corrected chi connectivity index (χ3v) is 3.11. The number of nitrogens with two attached hydrogens (primary N) is 1. The average molecular weight is 238 g/mol. The minimum Gasteiger partial charge on any atom is -0.464 e. The second-order valence-corrected chi connectivity index (χ2v) is 4.62. The number of amides is 1. The first kappa shape index (κ1) is 13.8. The standard InChI is InChI=1S/C13H22N2O2/c1-5-9(2)12(14)13(16)15(4)8-11-7-6-10(3)17-11/h6-7,9,12H,5,8,14H2,1-4H3/t9-,12-/m0/s1. The Morgan fingerprint density at radius 2 is 2.18 bits per heavy atom. The zero-order valence-electron chi connectivity index (χ0n) is 11.1. The molecule has 96 valence electrons. The van der Waals surface area contributed by atoms with E-state index in [9.17, 15) is 4.79 Å². The van der Waals surface area contributed by atoms with Gasteiger partial charge in [-0.25, -0.2) is 0 Å². The van der Waals surface area contributed by atoms with E-state index in [4.69, 9.17) is 10.2 Å². The zero-order chi connectivity index (χ0) is 13.0. The molecular formula is C13H22N2O2. The summed E-state index contributed by atoms with van der Waals surface area (Å²) in [6, 6.07) is 3.34. The van der Waals surface area contributed by atoms with Crippen LogP contribution in [-0.4, -0.2) is 23.9 Å². The number of likely N-dealkylation sites (N-methyl/N-ethyl adjacent to an activating group) is 1. The lowest BCUT2D eigenvalue weighted by molar-refractivity contribution is -0.133. The number of hydrogen-bond donors (Lipinski definition) is 1. The van der Waals surface area contributed by atoms with Gasteiger partial charge in [0.2, 0.25) is 5.91 Å². The second kappa shape index (κ2) is 5.87. The van der Waals surface area contributed by atoms with Crippen LogP contribution in [0, 0.1) is 12.8 Å². The highest BCUT2D eigenvalue weighted by molar-refractivity contribution is 5.81. The van der Waals surface area contributed by atoms with Crippen molar-refractivity contribution in [1.82, 2.24) is 4.90 Å². The Kier molecular flexibility index (Phi) is 4.75. The molecule has 0 saturated heterocycles. The minimum absolute atomic E-state index is 0.0339. The predicted octanol–water partition coefficient (Wildman–Crippen LogP) is 1.92. The van der Waals surface area contributed by atoms with E-state index in [1.165, 1.54) is 0 Å². The lowest BCUT2D eigenvalue weighted by atomic mass is 9.99. The fraction of sp³-hybridized carbons (Fsp3) is 0.615. The Labute approximate surface area is 103 Å². The third-order valence-electron chi connectivity index (χ3n) is 3.11. The normalized spacial score (nSPS) is 14.4. The summed E-state index contributed by atoms with van der Waals surface area (Å²) in [7, 11) is 1.75. The van der Waals surface area contributed by atoms with Gasteiger partial charge in [-0.2, -0.15) is 0 Å². The lowest BCUT2D eigenvalue weighted by Crippen LogP contribution is -2.45. The molecule has 0 bridgehead atoms. The van der Waals surface area contributed by atoms with E-state index >= 15 is 0 Å². The van der Waals surface area contributed by atoms with Crippen molar-refractivity contribution in [3.8, 4) is 0 Å². The van der Waals surface area contributed by atoms with Crippen LogP contribution in [0.4, 0.5) is 0 Å². The highest BCUT2D eigenvalue weighted by Crippen LogP contribution is 2.12. The van der Waals surface area contributed by atoms with Gasteiger partial charge in [-0.3, -0.25) is 4.79 Å². The van der Waals surface area contributed by atoms with Gasteiger partial charge in [-0.15, -0.1) is 0 Å². The van der Waals surface area contributed by atoms with Gasteiger partial charge in [0.15, 0.2) is 0 Å². The Hall–Kier alpha value is -1.29. The molecule has 1 aromatic rings. The molecule has 4 nitrogen and oxygen atoms in total. The van der Waals surface area contributed by atoms with Gasteiger partial charge in [-0.05, 0) is 25.0 Å². The summed E-state index contributed by atoms with van der Waals surface area (Å²) < 4.78 is 5.44. The van der Waals surface area contributed by atoms with Crippen LogP contribution in [0.5, 0.6) is 0 Å². The van der Waals surface area contributed by atoms with Crippen molar-refractivity contribution < 1.29 is 9.21 Å². The molecule has 0 aliphatic heterocycles. The van der Waals surface area contributed by atoms with Crippen LogP contribution in [0.15, 0.2) is 16.5 Å². The highest BCUT2D eigenvalue weighted by Gasteiger charge is 2.23. The first-order valence-corrected chi connectivity index (χ1v) is 6.01. The summed E-state index contributed by atoms with van der Waals surface area (Å²) in [5.41, 5.74) is 5.91. The van der Waals surface area contributed by atoms with Crippen molar-refractivity contribution in [2.45, 2.75) is 39.8 Å². The quantitative estimate of drug-likeness (QED) is 0.852. The topological polar surface area (TPSA) is 59.5 Å². The molecule has 0 fully saturated rings. The predicted molar refractivity (Wildman–Crippen MR) is 67.3 cm³/mol. The molecule has 2 N–H and O–H groups in total. The molecule has 1 heterocycles. The summed E-state index contributed by atoms with van der Waals surface area (Å²) in [6.07, 6.45) is 0.903. The number of hydrogen-bond acceptors (Lipinski definition) is 3. The van der Waals surface area contributed by atoms with Crippen molar-refractivity contribution in [3.63, 3.8) is 0 Å². The maximum Gasteiger partial charge on any atom is 0.239 e. The van der Waals surface area contributed by atoms with Gasteiger partial charge in [0.05, 0.1) is 12.6 Å². The molecule has 0 unspecified atom stereocenters. The van der Waals surface area contributed by atoms with E-state index in [2.05, 4.69) is 0 Å². The molecule has 17 heavy (non-hydrogen) atoms. The summed E-state index contributed by atoms with van der Waals surface area (Å²) in [4.78, 5) is 13.6. The monoisotopic (exact) mass is 238 g/mol. The van der Waals surface area contributed by atoms with Crippen molar-refractivity contribution in [2.24, 2.45) is 11.7 Å². The Bertz CT molecular complexity index is 373. The van der Waals surface area contributed by atoms with Crippen LogP contribution in [0.2, 0.25) is 0 Å². The minimum atomic E-state index is -0.430. The fourth-order valence-electron chi connectivity index (χ4n) is 1.63. The highest BCUT2D eigenvalue weighted by atomic mass is 16.3. The van der Waals surface area contributed by atoms with Crippen LogP contribution < -0.4 is 5.73 Å². The number of aryl methyl sites for hydroxylation is 1. The summed E-state index contributed by atoms with van der Waals surface area (Å²) in [6.45, 7) is 6.38. The molecule has 0 aromatic carbocycles. The van der Waals surface area contributed by atoms with Crippen molar-refractivity contribution in [3.05, 3.63) is 23.7 Å².